The molecule has 0 bridgehead atoms. The maximum Gasteiger partial charge on any atom is 0.243 e. The van der Waals surface area contributed by atoms with Gasteiger partial charge in [-0.05, 0) is 43.4 Å². The van der Waals surface area contributed by atoms with E-state index in [0.717, 1.165) is 12.8 Å². The van der Waals surface area contributed by atoms with E-state index >= 15 is 0 Å². The predicted octanol–water partition coefficient (Wildman–Crippen LogP) is 1.57. The summed E-state index contributed by atoms with van der Waals surface area (Å²) in [5, 5.41) is 0. The first kappa shape index (κ1) is 16.4. The summed E-state index contributed by atoms with van der Waals surface area (Å²) in [6.45, 7) is 1.94. The summed E-state index contributed by atoms with van der Waals surface area (Å²) in [7, 11) is -3.83. The second kappa shape index (κ2) is 6.17. The summed E-state index contributed by atoms with van der Waals surface area (Å²) in [5.41, 5.74) is 6.22. The maximum atomic E-state index is 13.7. The topological polar surface area (TPSA) is 72.2 Å². The highest BCUT2D eigenvalue weighted by atomic mass is 35.5. The van der Waals surface area contributed by atoms with Crippen molar-refractivity contribution in [1.29, 1.82) is 0 Å². The molecule has 1 aliphatic rings. The molecule has 2 rings (SSSR count). The number of sulfonamides is 1. The molecular weight excluding hydrogens is 291 g/mol. The van der Waals surface area contributed by atoms with E-state index in [9.17, 15) is 12.8 Å². The van der Waals surface area contributed by atoms with Crippen molar-refractivity contribution in [3.05, 3.63) is 29.6 Å². The number of benzene rings is 1. The van der Waals surface area contributed by atoms with E-state index < -0.39 is 15.8 Å². The molecule has 0 spiro atoms. The van der Waals surface area contributed by atoms with Crippen LogP contribution < -0.4 is 10.5 Å². The van der Waals surface area contributed by atoms with Crippen LogP contribution in [0.3, 0.4) is 0 Å². The number of rotatable bonds is 5. The first-order valence-electron chi connectivity index (χ1n) is 5.92. The second-order valence-corrected chi connectivity index (χ2v) is 6.42. The van der Waals surface area contributed by atoms with Crippen molar-refractivity contribution in [3.8, 4) is 0 Å². The van der Waals surface area contributed by atoms with Gasteiger partial charge in [0.1, 0.15) is 10.7 Å². The van der Waals surface area contributed by atoms with Crippen LogP contribution in [0.4, 0.5) is 4.39 Å². The minimum atomic E-state index is -3.83. The van der Waals surface area contributed by atoms with E-state index in [4.69, 9.17) is 5.73 Å². The number of nitrogens with one attached hydrogen (secondary N) is 1. The van der Waals surface area contributed by atoms with Crippen molar-refractivity contribution in [2.45, 2.75) is 30.7 Å². The second-order valence-electron chi connectivity index (χ2n) is 4.73. The van der Waals surface area contributed by atoms with Gasteiger partial charge in [-0.2, -0.15) is 0 Å². The average Bonchev–Trinajstić information content (AvgIpc) is 3.09. The average molecular weight is 309 g/mol. The zero-order chi connectivity index (χ0) is 13.3. The van der Waals surface area contributed by atoms with Crippen LogP contribution in [0.1, 0.15) is 18.4 Å². The molecule has 1 saturated carbocycles. The minimum absolute atomic E-state index is 0. The van der Waals surface area contributed by atoms with Gasteiger partial charge < -0.3 is 5.73 Å². The highest BCUT2D eigenvalue weighted by Crippen LogP contribution is 2.33. The number of hydrogen-bond donors (Lipinski definition) is 2. The van der Waals surface area contributed by atoms with Gasteiger partial charge in [-0.3, -0.25) is 0 Å². The molecule has 0 heterocycles. The number of halogens is 2. The van der Waals surface area contributed by atoms with Crippen LogP contribution in [0.5, 0.6) is 0 Å². The van der Waals surface area contributed by atoms with Crippen LogP contribution in [-0.4, -0.2) is 21.0 Å². The zero-order valence-corrected chi connectivity index (χ0v) is 12.2. The van der Waals surface area contributed by atoms with Gasteiger partial charge in [-0.25, -0.2) is 17.5 Å². The molecule has 4 nitrogen and oxygen atoms in total. The van der Waals surface area contributed by atoms with E-state index in [1.54, 1.807) is 13.0 Å². The van der Waals surface area contributed by atoms with E-state index in [-0.39, 0.29) is 29.9 Å². The molecule has 7 heteroatoms. The Morgan fingerprint density at radius 3 is 2.58 bits per heavy atom. The summed E-state index contributed by atoms with van der Waals surface area (Å²) in [4.78, 5) is -0.313. The fourth-order valence-electron chi connectivity index (χ4n) is 1.92. The van der Waals surface area contributed by atoms with Crippen LogP contribution >= 0.6 is 12.4 Å². The summed E-state index contributed by atoms with van der Waals surface area (Å²) in [5.74, 6) is -0.438. The molecule has 1 atom stereocenters. The summed E-state index contributed by atoms with van der Waals surface area (Å²) in [6, 6.07) is 3.78. The summed E-state index contributed by atoms with van der Waals surface area (Å²) < 4.78 is 40.3. The Balaban J connectivity index is 0.00000180. The molecule has 0 saturated heterocycles. The van der Waals surface area contributed by atoms with Crippen LogP contribution in [0.2, 0.25) is 0 Å². The van der Waals surface area contributed by atoms with Gasteiger partial charge in [0.05, 0.1) is 0 Å². The summed E-state index contributed by atoms with van der Waals surface area (Å²) >= 11 is 0. The molecule has 108 valence electrons. The molecule has 1 aromatic rings. The van der Waals surface area contributed by atoms with Gasteiger partial charge in [-0.15, -0.1) is 12.4 Å². The third kappa shape index (κ3) is 3.89. The molecule has 1 fully saturated rings. The van der Waals surface area contributed by atoms with Gasteiger partial charge >= 0.3 is 0 Å². The van der Waals surface area contributed by atoms with Crippen LogP contribution in [0, 0.1) is 18.7 Å². The smallest absolute Gasteiger partial charge is 0.243 e. The molecule has 19 heavy (non-hydrogen) atoms. The van der Waals surface area contributed by atoms with Gasteiger partial charge in [0.15, 0.2) is 0 Å². The SMILES string of the molecule is Cc1ccc(S(=O)(=O)NC(CN)C2CC2)c(F)c1.Cl. The molecule has 0 aliphatic heterocycles. The molecule has 1 unspecified atom stereocenters. The van der Waals surface area contributed by atoms with E-state index in [1.165, 1.54) is 12.1 Å². The standard InChI is InChI=1S/C12H17FN2O2S.ClH/c1-8-2-5-12(10(13)6-8)18(16,17)15-11(7-14)9-3-4-9;/h2,5-6,9,11,15H,3-4,7,14H2,1H3;1H. The van der Waals surface area contributed by atoms with Crippen LogP contribution in [0.15, 0.2) is 23.1 Å². The lowest BCUT2D eigenvalue weighted by Gasteiger charge is -2.16. The third-order valence-electron chi connectivity index (χ3n) is 3.13. The molecule has 1 aliphatic carbocycles. The molecule has 0 radical (unpaired) electrons. The molecule has 1 aromatic carbocycles. The molecule has 0 aromatic heterocycles. The van der Waals surface area contributed by atoms with E-state index in [1.807, 2.05) is 0 Å². The van der Waals surface area contributed by atoms with Gasteiger partial charge in [0.25, 0.3) is 0 Å². The van der Waals surface area contributed by atoms with Crippen molar-refractivity contribution in [2.75, 3.05) is 6.54 Å². The van der Waals surface area contributed by atoms with Crippen molar-refractivity contribution in [1.82, 2.24) is 4.72 Å². The minimum Gasteiger partial charge on any atom is -0.329 e. The van der Waals surface area contributed by atoms with E-state index in [0.29, 0.717) is 11.5 Å². The lowest BCUT2D eigenvalue weighted by Crippen LogP contribution is -2.41. The number of nitrogens with two attached hydrogens (primary N) is 1. The Labute approximate surface area is 119 Å². The Morgan fingerprint density at radius 2 is 2.11 bits per heavy atom. The quantitative estimate of drug-likeness (QED) is 0.867. The maximum absolute atomic E-state index is 13.7. The van der Waals surface area contributed by atoms with Crippen LogP contribution in [0.25, 0.3) is 0 Å². The number of aryl methyl sites for hydroxylation is 1. The number of hydrogen-bond acceptors (Lipinski definition) is 3. The van der Waals surface area contributed by atoms with Crippen molar-refractivity contribution >= 4 is 22.4 Å². The van der Waals surface area contributed by atoms with E-state index in [2.05, 4.69) is 4.72 Å². The van der Waals surface area contributed by atoms with Crippen molar-refractivity contribution < 1.29 is 12.8 Å². The Hall–Kier alpha value is -0.690. The normalized spacial score (nSPS) is 16.8. The largest absolute Gasteiger partial charge is 0.329 e. The van der Waals surface area contributed by atoms with Crippen LogP contribution in [-0.2, 0) is 10.0 Å². The third-order valence-corrected chi connectivity index (χ3v) is 4.65. The zero-order valence-electron chi connectivity index (χ0n) is 10.6. The first-order valence-corrected chi connectivity index (χ1v) is 7.41. The van der Waals surface area contributed by atoms with Gasteiger partial charge in [0.2, 0.25) is 10.0 Å². The fraction of sp³-hybridized carbons (Fsp3) is 0.500. The van der Waals surface area contributed by atoms with Gasteiger partial charge in [-0.1, -0.05) is 6.07 Å². The highest BCUT2D eigenvalue weighted by Gasteiger charge is 2.34. The Morgan fingerprint density at radius 1 is 1.47 bits per heavy atom. The molecular formula is C12H18ClFN2O2S. The summed E-state index contributed by atoms with van der Waals surface area (Å²) in [6.07, 6.45) is 1.95. The Kier molecular flexibility index (Phi) is 5.32. The molecule has 3 N–H and O–H groups in total. The highest BCUT2D eigenvalue weighted by molar-refractivity contribution is 7.89. The van der Waals surface area contributed by atoms with Gasteiger partial charge in [0, 0.05) is 12.6 Å². The lowest BCUT2D eigenvalue weighted by atomic mass is 10.2. The Bertz CT molecular complexity index is 547. The first-order chi connectivity index (χ1) is 8.44. The fourth-order valence-corrected chi connectivity index (χ4v) is 3.30. The molecule has 0 amide bonds. The van der Waals surface area contributed by atoms with Crippen molar-refractivity contribution in [3.63, 3.8) is 0 Å². The monoisotopic (exact) mass is 308 g/mol. The van der Waals surface area contributed by atoms with Crippen molar-refractivity contribution in [2.24, 2.45) is 11.7 Å². The predicted molar refractivity (Wildman–Crippen MR) is 74.3 cm³/mol. The lowest BCUT2D eigenvalue weighted by molar-refractivity contribution is 0.511.